The Balaban J connectivity index is 1.70. The molecule has 3 rings (SSSR count). The molecule has 0 saturated carbocycles. The molecule has 0 aromatic carbocycles. The Morgan fingerprint density at radius 1 is 1.41 bits per heavy atom. The van der Waals surface area contributed by atoms with Crippen molar-refractivity contribution in [3.63, 3.8) is 0 Å². The number of hydrogen-bond acceptors (Lipinski definition) is 2. The summed E-state index contributed by atoms with van der Waals surface area (Å²) in [6.07, 6.45) is 5.24. The van der Waals surface area contributed by atoms with Crippen LogP contribution in [0.5, 0.6) is 0 Å². The van der Waals surface area contributed by atoms with Crippen molar-refractivity contribution < 1.29 is 4.79 Å². The lowest BCUT2D eigenvalue weighted by molar-refractivity contribution is -0.134. The van der Waals surface area contributed by atoms with Crippen LogP contribution in [0.4, 0.5) is 0 Å². The molecule has 0 N–H and O–H groups in total. The third-order valence-corrected chi connectivity index (χ3v) is 5.38. The summed E-state index contributed by atoms with van der Waals surface area (Å²) in [6, 6.07) is 3.04. The Bertz CT molecular complexity index is 392. The number of nitrogens with zero attached hydrogens (tertiary/aromatic N) is 1. The van der Waals surface area contributed by atoms with E-state index < -0.39 is 0 Å². The molecule has 92 valence electrons. The number of halogens is 1. The Labute approximate surface area is 114 Å². The van der Waals surface area contributed by atoms with Gasteiger partial charge < -0.3 is 4.90 Å². The van der Waals surface area contributed by atoms with Crippen LogP contribution < -0.4 is 0 Å². The van der Waals surface area contributed by atoms with Gasteiger partial charge in [0.2, 0.25) is 5.91 Å². The highest BCUT2D eigenvalue weighted by atomic mass is 79.9. The van der Waals surface area contributed by atoms with Crippen LogP contribution in [0.2, 0.25) is 0 Å². The summed E-state index contributed by atoms with van der Waals surface area (Å²) in [5.74, 6) is 0.329. The van der Waals surface area contributed by atoms with Gasteiger partial charge in [0.1, 0.15) is 0 Å². The first-order chi connectivity index (χ1) is 8.24. The molecule has 2 fully saturated rings. The van der Waals surface area contributed by atoms with Crippen molar-refractivity contribution >= 4 is 33.2 Å². The third kappa shape index (κ3) is 2.29. The number of fused-ring (bicyclic) bond motifs is 2. The lowest BCUT2D eigenvalue weighted by atomic mass is 10.0. The molecule has 2 atom stereocenters. The van der Waals surface area contributed by atoms with Crippen molar-refractivity contribution in [1.82, 2.24) is 4.90 Å². The predicted molar refractivity (Wildman–Crippen MR) is 73.6 cm³/mol. The first-order valence-corrected chi connectivity index (χ1v) is 8.06. The summed E-state index contributed by atoms with van der Waals surface area (Å²) in [7, 11) is 0. The highest BCUT2D eigenvalue weighted by molar-refractivity contribution is 9.09. The smallest absolute Gasteiger partial charge is 0.227 e. The predicted octanol–water partition coefficient (Wildman–Crippen LogP) is 3.21. The van der Waals surface area contributed by atoms with Crippen molar-refractivity contribution in [3.05, 3.63) is 22.4 Å². The highest BCUT2D eigenvalue weighted by Crippen LogP contribution is 2.38. The van der Waals surface area contributed by atoms with Crippen LogP contribution in [0, 0.1) is 0 Å². The molecule has 1 amide bonds. The van der Waals surface area contributed by atoms with Crippen molar-refractivity contribution in [2.75, 3.05) is 0 Å². The van der Waals surface area contributed by atoms with Gasteiger partial charge in [-0.25, -0.2) is 0 Å². The second kappa shape index (κ2) is 4.73. The standard InChI is InChI=1S/C13H16BrNOS/c14-10-6-11-1-2-12(7-10)15(11)13(16)5-9-3-4-17-8-9/h3-4,8,10-12H,1-2,5-7H2. The average molecular weight is 314 g/mol. The fourth-order valence-corrected chi connectivity index (χ4v) is 4.71. The first kappa shape index (κ1) is 11.7. The number of rotatable bonds is 2. The van der Waals surface area contributed by atoms with Crippen LogP contribution >= 0.6 is 27.3 Å². The maximum absolute atomic E-state index is 12.3. The molecule has 2 unspecified atom stereocenters. The number of piperidine rings is 1. The van der Waals surface area contributed by atoms with Crippen LogP contribution in [0.25, 0.3) is 0 Å². The molecule has 0 spiro atoms. The van der Waals surface area contributed by atoms with Gasteiger partial charge in [-0.05, 0) is 48.1 Å². The van der Waals surface area contributed by atoms with Crippen LogP contribution in [0.15, 0.2) is 16.8 Å². The van der Waals surface area contributed by atoms with Gasteiger partial charge in [-0.2, -0.15) is 11.3 Å². The summed E-state index contributed by atoms with van der Waals surface area (Å²) >= 11 is 5.38. The number of thiophene rings is 1. The fourth-order valence-electron chi connectivity index (χ4n) is 3.18. The minimum atomic E-state index is 0.329. The minimum absolute atomic E-state index is 0.329. The molecule has 1 aromatic rings. The normalized spacial score (nSPS) is 31.8. The maximum atomic E-state index is 12.3. The number of hydrogen-bond donors (Lipinski definition) is 0. The van der Waals surface area contributed by atoms with Crippen LogP contribution in [0.1, 0.15) is 31.2 Å². The van der Waals surface area contributed by atoms with Crippen molar-refractivity contribution in [3.8, 4) is 0 Å². The van der Waals surface area contributed by atoms with Crippen molar-refractivity contribution in [1.29, 1.82) is 0 Å². The number of carbonyl (C=O) groups excluding carboxylic acids is 1. The Morgan fingerprint density at radius 2 is 2.12 bits per heavy atom. The molecule has 0 radical (unpaired) electrons. The van der Waals surface area contributed by atoms with E-state index in [2.05, 4.69) is 32.3 Å². The molecule has 17 heavy (non-hydrogen) atoms. The van der Waals surface area contributed by atoms with Gasteiger partial charge in [-0.15, -0.1) is 0 Å². The van der Waals surface area contributed by atoms with Gasteiger partial charge in [-0.3, -0.25) is 4.79 Å². The van der Waals surface area contributed by atoms with E-state index in [0.29, 0.717) is 29.2 Å². The van der Waals surface area contributed by atoms with Crippen LogP contribution in [-0.4, -0.2) is 27.7 Å². The van der Waals surface area contributed by atoms with Gasteiger partial charge in [0.25, 0.3) is 0 Å². The van der Waals surface area contributed by atoms with E-state index in [1.54, 1.807) is 11.3 Å². The lowest BCUT2D eigenvalue weighted by Gasteiger charge is -2.37. The minimum Gasteiger partial charge on any atom is -0.336 e. The molecule has 4 heteroatoms. The van der Waals surface area contributed by atoms with Gasteiger partial charge in [-0.1, -0.05) is 15.9 Å². The molecule has 2 bridgehead atoms. The van der Waals surface area contributed by atoms with E-state index >= 15 is 0 Å². The second-order valence-corrected chi connectivity index (χ2v) is 7.14. The zero-order valence-electron chi connectivity index (χ0n) is 9.64. The number of alkyl halides is 1. The summed E-state index contributed by atoms with van der Waals surface area (Å²) in [5.41, 5.74) is 1.17. The Morgan fingerprint density at radius 3 is 2.71 bits per heavy atom. The molecule has 2 aliphatic rings. The summed E-state index contributed by atoms with van der Waals surface area (Å²) in [6.45, 7) is 0. The van der Waals surface area contributed by atoms with E-state index in [-0.39, 0.29) is 0 Å². The quantitative estimate of drug-likeness (QED) is 0.768. The van der Waals surface area contributed by atoms with Crippen LogP contribution in [-0.2, 0) is 11.2 Å². The van der Waals surface area contributed by atoms with E-state index in [9.17, 15) is 4.79 Å². The van der Waals surface area contributed by atoms with E-state index in [1.807, 2.05) is 5.38 Å². The molecule has 2 saturated heterocycles. The Hall–Kier alpha value is -0.350. The molecule has 0 aliphatic carbocycles. The van der Waals surface area contributed by atoms with Gasteiger partial charge in [0.05, 0.1) is 6.42 Å². The zero-order chi connectivity index (χ0) is 11.8. The summed E-state index contributed by atoms with van der Waals surface area (Å²) in [5, 5.41) is 4.12. The average Bonchev–Trinajstić information content (AvgIpc) is 2.86. The lowest BCUT2D eigenvalue weighted by Crippen LogP contribution is -2.47. The van der Waals surface area contributed by atoms with Crippen molar-refractivity contribution in [2.24, 2.45) is 0 Å². The monoisotopic (exact) mass is 313 g/mol. The number of carbonyl (C=O) groups is 1. The first-order valence-electron chi connectivity index (χ1n) is 6.20. The number of amides is 1. The zero-order valence-corrected chi connectivity index (χ0v) is 12.0. The van der Waals surface area contributed by atoms with Crippen LogP contribution in [0.3, 0.4) is 0 Å². The molecule has 1 aromatic heterocycles. The van der Waals surface area contributed by atoms with Gasteiger partial charge >= 0.3 is 0 Å². The van der Waals surface area contributed by atoms with E-state index in [0.717, 1.165) is 12.8 Å². The van der Waals surface area contributed by atoms with Gasteiger partial charge in [0, 0.05) is 16.9 Å². The molecular weight excluding hydrogens is 298 g/mol. The largest absolute Gasteiger partial charge is 0.336 e. The topological polar surface area (TPSA) is 20.3 Å². The van der Waals surface area contributed by atoms with E-state index in [4.69, 9.17) is 0 Å². The van der Waals surface area contributed by atoms with Gasteiger partial charge in [0.15, 0.2) is 0 Å². The Kier molecular flexibility index (Phi) is 3.26. The molecule has 2 aliphatic heterocycles. The molecular formula is C13H16BrNOS. The highest BCUT2D eigenvalue weighted by Gasteiger charge is 2.42. The molecule has 3 heterocycles. The summed E-state index contributed by atoms with van der Waals surface area (Å²) < 4.78 is 0. The third-order valence-electron chi connectivity index (χ3n) is 3.90. The van der Waals surface area contributed by atoms with Crippen molar-refractivity contribution in [2.45, 2.75) is 49.0 Å². The maximum Gasteiger partial charge on any atom is 0.227 e. The van der Waals surface area contributed by atoms with E-state index in [1.165, 1.54) is 18.4 Å². The SMILES string of the molecule is O=C(Cc1ccsc1)N1C2CCC1CC(Br)C2. The molecule has 2 nitrogen and oxygen atoms in total. The fraction of sp³-hybridized carbons (Fsp3) is 0.615. The summed E-state index contributed by atoms with van der Waals surface area (Å²) in [4.78, 5) is 15.1. The second-order valence-electron chi connectivity index (χ2n) is 5.06.